The number of aryl methyl sites for hydroxylation is 2. The summed E-state index contributed by atoms with van der Waals surface area (Å²) >= 11 is 1.58. The SMILES string of the molecule is CCc1cccc(CC)c1NC(=O)CSc1ccc(C(C)C)cc1. The number of carbonyl (C=O) groups excluding carboxylic acids is 1. The van der Waals surface area contributed by atoms with E-state index in [1.807, 2.05) is 0 Å². The van der Waals surface area contributed by atoms with Gasteiger partial charge >= 0.3 is 0 Å². The molecule has 0 radical (unpaired) electrons. The van der Waals surface area contributed by atoms with Crippen molar-refractivity contribution in [1.82, 2.24) is 0 Å². The van der Waals surface area contributed by atoms with Gasteiger partial charge in [0.15, 0.2) is 0 Å². The van der Waals surface area contributed by atoms with Crippen molar-refractivity contribution in [2.24, 2.45) is 0 Å². The first-order valence-corrected chi connectivity index (χ1v) is 9.67. The molecule has 0 aromatic heterocycles. The summed E-state index contributed by atoms with van der Waals surface area (Å²) in [7, 11) is 0. The van der Waals surface area contributed by atoms with E-state index in [2.05, 4.69) is 75.5 Å². The number of benzene rings is 2. The predicted octanol–water partition coefficient (Wildman–Crippen LogP) is 5.67. The van der Waals surface area contributed by atoms with Crippen LogP contribution in [0.5, 0.6) is 0 Å². The molecular weight excluding hydrogens is 314 g/mol. The molecule has 3 heteroatoms. The molecule has 0 bridgehead atoms. The molecule has 0 saturated heterocycles. The van der Waals surface area contributed by atoms with E-state index in [0.717, 1.165) is 23.4 Å². The van der Waals surface area contributed by atoms with Crippen LogP contribution in [0, 0.1) is 0 Å². The van der Waals surface area contributed by atoms with Crippen LogP contribution < -0.4 is 5.32 Å². The van der Waals surface area contributed by atoms with Gasteiger partial charge in [0.05, 0.1) is 5.75 Å². The minimum Gasteiger partial charge on any atom is -0.325 e. The maximum absolute atomic E-state index is 12.4. The lowest BCUT2D eigenvalue weighted by Crippen LogP contribution is -2.16. The Bertz CT molecular complexity index is 654. The van der Waals surface area contributed by atoms with Crippen molar-refractivity contribution in [2.75, 3.05) is 11.1 Å². The first-order valence-electron chi connectivity index (χ1n) is 8.68. The van der Waals surface area contributed by atoms with Crippen molar-refractivity contribution in [3.8, 4) is 0 Å². The Hall–Kier alpha value is -1.74. The number of carbonyl (C=O) groups is 1. The lowest BCUT2D eigenvalue weighted by molar-refractivity contribution is -0.113. The van der Waals surface area contributed by atoms with Gasteiger partial charge in [0.25, 0.3) is 0 Å². The molecule has 0 saturated carbocycles. The average Bonchev–Trinajstić information content (AvgIpc) is 2.60. The van der Waals surface area contributed by atoms with Gasteiger partial charge in [-0.25, -0.2) is 0 Å². The van der Waals surface area contributed by atoms with Crippen molar-refractivity contribution in [3.05, 3.63) is 59.2 Å². The molecule has 2 rings (SSSR count). The van der Waals surface area contributed by atoms with Gasteiger partial charge in [0, 0.05) is 10.6 Å². The fourth-order valence-electron chi connectivity index (χ4n) is 2.68. The smallest absolute Gasteiger partial charge is 0.234 e. The van der Waals surface area contributed by atoms with Crippen LogP contribution in [-0.4, -0.2) is 11.7 Å². The highest BCUT2D eigenvalue weighted by Crippen LogP contribution is 2.25. The first-order chi connectivity index (χ1) is 11.5. The lowest BCUT2D eigenvalue weighted by Gasteiger charge is -2.14. The van der Waals surface area contributed by atoms with E-state index in [1.54, 1.807) is 11.8 Å². The second-order valence-electron chi connectivity index (χ2n) is 6.22. The van der Waals surface area contributed by atoms with E-state index in [0.29, 0.717) is 11.7 Å². The molecule has 0 atom stereocenters. The Balaban J connectivity index is 1.99. The molecule has 24 heavy (non-hydrogen) atoms. The largest absolute Gasteiger partial charge is 0.325 e. The van der Waals surface area contributed by atoms with Crippen LogP contribution >= 0.6 is 11.8 Å². The van der Waals surface area contributed by atoms with Crippen molar-refractivity contribution >= 4 is 23.4 Å². The molecule has 128 valence electrons. The van der Waals surface area contributed by atoms with Crippen LogP contribution in [0.1, 0.15) is 50.3 Å². The molecule has 2 aromatic carbocycles. The molecule has 0 aliphatic rings. The van der Waals surface area contributed by atoms with E-state index < -0.39 is 0 Å². The van der Waals surface area contributed by atoms with Gasteiger partial charge in [-0.15, -0.1) is 11.8 Å². The third-order valence-electron chi connectivity index (χ3n) is 4.18. The zero-order valence-corrected chi connectivity index (χ0v) is 15.9. The summed E-state index contributed by atoms with van der Waals surface area (Å²) in [6.07, 6.45) is 1.85. The van der Waals surface area contributed by atoms with Crippen molar-refractivity contribution < 1.29 is 4.79 Å². The molecule has 0 aliphatic carbocycles. The fraction of sp³-hybridized carbons (Fsp3) is 0.381. The Labute approximate surface area is 150 Å². The molecule has 0 heterocycles. The monoisotopic (exact) mass is 341 g/mol. The second kappa shape index (κ2) is 8.93. The number of hydrogen-bond acceptors (Lipinski definition) is 2. The Kier molecular flexibility index (Phi) is 6.92. The molecule has 1 N–H and O–H groups in total. The lowest BCUT2D eigenvalue weighted by atomic mass is 10.0. The average molecular weight is 342 g/mol. The number of amides is 1. The molecule has 0 spiro atoms. The van der Waals surface area contributed by atoms with Gasteiger partial charge in [0.1, 0.15) is 0 Å². The summed E-state index contributed by atoms with van der Waals surface area (Å²) in [5.74, 6) is 1.02. The van der Waals surface area contributed by atoms with Gasteiger partial charge in [0.2, 0.25) is 5.91 Å². The zero-order valence-electron chi connectivity index (χ0n) is 15.1. The Morgan fingerprint density at radius 3 is 2.08 bits per heavy atom. The number of thioether (sulfide) groups is 1. The van der Waals surface area contributed by atoms with Crippen molar-refractivity contribution in [2.45, 2.75) is 51.3 Å². The number of rotatable bonds is 7. The van der Waals surface area contributed by atoms with Crippen LogP contribution in [0.15, 0.2) is 47.4 Å². The van der Waals surface area contributed by atoms with Crippen LogP contribution in [0.25, 0.3) is 0 Å². The zero-order chi connectivity index (χ0) is 17.5. The molecule has 2 aromatic rings. The standard InChI is InChI=1S/C21H27NOS/c1-5-16-8-7-9-17(6-2)21(16)22-20(23)14-24-19-12-10-18(11-13-19)15(3)4/h7-13,15H,5-6,14H2,1-4H3,(H,22,23). The first kappa shape index (κ1) is 18.6. The van der Waals surface area contributed by atoms with Crippen LogP contribution in [0.2, 0.25) is 0 Å². The number of nitrogens with one attached hydrogen (secondary N) is 1. The minimum atomic E-state index is 0.0588. The highest BCUT2D eigenvalue weighted by molar-refractivity contribution is 8.00. The minimum absolute atomic E-state index is 0.0588. The van der Waals surface area contributed by atoms with E-state index in [1.165, 1.54) is 16.7 Å². The maximum Gasteiger partial charge on any atom is 0.234 e. The Morgan fingerprint density at radius 1 is 1.00 bits per heavy atom. The number of para-hydroxylation sites is 1. The van der Waals surface area contributed by atoms with Gasteiger partial charge < -0.3 is 5.32 Å². The normalized spacial score (nSPS) is 10.9. The fourth-order valence-corrected chi connectivity index (χ4v) is 3.37. The maximum atomic E-state index is 12.4. The van der Waals surface area contributed by atoms with Gasteiger partial charge in [-0.3, -0.25) is 4.79 Å². The van der Waals surface area contributed by atoms with Crippen LogP contribution in [0.4, 0.5) is 5.69 Å². The molecule has 0 fully saturated rings. The summed E-state index contributed by atoms with van der Waals surface area (Å²) in [5.41, 5.74) is 4.74. The topological polar surface area (TPSA) is 29.1 Å². The van der Waals surface area contributed by atoms with Gasteiger partial charge in [-0.2, -0.15) is 0 Å². The molecule has 2 nitrogen and oxygen atoms in total. The molecule has 1 amide bonds. The van der Waals surface area contributed by atoms with Crippen LogP contribution in [0.3, 0.4) is 0 Å². The van der Waals surface area contributed by atoms with Crippen molar-refractivity contribution in [1.29, 1.82) is 0 Å². The van der Waals surface area contributed by atoms with Crippen LogP contribution in [-0.2, 0) is 17.6 Å². The third-order valence-corrected chi connectivity index (χ3v) is 5.19. The molecular formula is C21H27NOS. The summed E-state index contributed by atoms with van der Waals surface area (Å²) < 4.78 is 0. The quantitative estimate of drug-likeness (QED) is 0.658. The highest BCUT2D eigenvalue weighted by Gasteiger charge is 2.10. The summed E-state index contributed by atoms with van der Waals surface area (Å²) in [4.78, 5) is 13.5. The van der Waals surface area contributed by atoms with Crippen molar-refractivity contribution in [3.63, 3.8) is 0 Å². The van der Waals surface area contributed by atoms with Gasteiger partial charge in [-0.1, -0.05) is 58.0 Å². The summed E-state index contributed by atoms with van der Waals surface area (Å²) in [6, 6.07) is 14.7. The van der Waals surface area contributed by atoms with E-state index in [9.17, 15) is 4.79 Å². The highest BCUT2D eigenvalue weighted by atomic mass is 32.2. The number of anilines is 1. The summed E-state index contributed by atoms with van der Waals surface area (Å²) in [5, 5.41) is 3.12. The number of hydrogen-bond donors (Lipinski definition) is 1. The summed E-state index contributed by atoms with van der Waals surface area (Å²) in [6.45, 7) is 8.61. The van der Waals surface area contributed by atoms with E-state index in [-0.39, 0.29) is 5.91 Å². The molecule has 0 unspecified atom stereocenters. The van der Waals surface area contributed by atoms with E-state index in [4.69, 9.17) is 0 Å². The second-order valence-corrected chi connectivity index (χ2v) is 7.27. The molecule has 0 aliphatic heterocycles. The third kappa shape index (κ3) is 4.88. The predicted molar refractivity (Wildman–Crippen MR) is 105 cm³/mol. The van der Waals surface area contributed by atoms with E-state index >= 15 is 0 Å². The van der Waals surface area contributed by atoms with Gasteiger partial charge in [-0.05, 0) is 47.6 Å². The Morgan fingerprint density at radius 2 is 1.58 bits per heavy atom.